The van der Waals surface area contributed by atoms with Crippen molar-refractivity contribution in [2.45, 2.75) is 37.0 Å². The number of nitriles is 1. The number of hydrogen-bond donors (Lipinski definition) is 0. The molecule has 0 radical (unpaired) electrons. The molecule has 0 unspecified atom stereocenters. The fourth-order valence-electron chi connectivity index (χ4n) is 3.56. The second kappa shape index (κ2) is 5.41. The minimum absolute atomic E-state index is 0.00389. The van der Waals surface area contributed by atoms with Gasteiger partial charge in [0.15, 0.2) is 0 Å². The molecule has 2 fully saturated rings. The number of rotatable bonds is 3. The zero-order chi connectivity index (χ0) is 15.9. The molecule has 2 atom stereocenters. The van der Waals surface area contributed by atoms with Gasteiger partial charge < -0.3 is 9.47 Å². The van der Waals surface area contributed by atoms with Gasteiger partial charge in [-0.05, 0) is 31.4 Å². The standard InChI is InChI=1S/C16H17N5O2/c1-22-15-13(10-23-16(15)5-3-6-16)21-9-12(19-20-21)14-11(8-17)4-2-7-18-14/h2,4,7,9,13,15H,3,5-6,10H2,1H3/t13-,15+/m0/s1. The quantitative estimate of drug-likeness (QED) is 0.858. The third kappa shape index (κ3) is 2.14. The first-order valence-electron chi connectivity index (χ1n) is 7.71. The molecule has 23 heavy (non-hydrogen) atoms. The molecule has 2 aliphatic rings. The van der Waals surface area contributed by atoms with Gasteiger partial charge in [0.1, 0.15) is 29.6 Å². The Bertz CT molecular complexity index is 762. The first-order valence-corrected chi connectivity index (χ1v) is 7.71. The number of nitrogens with zero attached hydrogens (tertiary/aromatic N) is 5. The third-order valence-electron chi connectivity index (χ3n) is 4.88. The molecule has 7 nitrogen and oxygen atoms in total. The number of pyridine rings is 1. The van der Waals surface area contributed by atoms with Crippen LogP contribution >= 0.6 is 0 Å². The van der Waals surface area contributed by atoms with Gasteiger partial charge in [0.2, 0.25) is 0 Å². The highest BCUT2D eigenvalue weighted by molar-refractivity contribution is 5.61. The lowest BCUT2D eigenvalue weighted by Crippen LogP contribution is -2.48. The summed E-state index contributed by atoms with van der Waals surface area (Å²) in [5.41, 5.74) is 1.47. The van der Waals surface area contributed by atoms with Gasteiger partial charge >= 0.3 is 0 Å². The molecule has 2 aromatic rings. The summed E-state index contributed by atoms with van der Waals surface area (Å²) >= 11 is 0. The average molecular weight is 311 g/mol. The number of ether oxygens (including phenoxy) is 2. The lowest BCUT2D eigenvalue weighted by atomic mass is 9.75. The zero-order valence-electron chi connectivity index (χ0n) is 12.8. The van der Waals surface area contributed by atoms with E-state index in [0.717, 1.165) is 12.8 Å². The van der Waals surface area contributed by atoms with Crippen LogP contribution in [0.15, 0.2) is 24.5 Å². The molecular formula is C16H17N5O2. The lowest BCUT2D eigenvalue weighted by Gasteiger charge is -2.41. The Morgan fingerprint density at radius 3 is 3.04 bits per heavy atom. The van der Waals surface area contributed by atoms with Crippen LogP contribution in [0.5, 0.6) is 0 Å². The predicted octanol–water partition coefficient (Wildman–Crippen LogP) is 1.72. The van der Waals surface area contributed by atoms with Gasteiger partial charge in [-0.2, -0.15) is 5.26 Å². The zero-order valence-corrected chi connectivity index (χ0v) is 12.8. The van der Waals surface area contributed by atoms with E-state index in [0.29, 0.717) is 23.6 Å². The van der Waals surface area contributed by atoms with Crippen molar-refractivity contribution in [3.05, 3.63) is 30.1 Å². The maximum atomic E-state index is 9.20. The monoisotopic (exact) mass is 311 g/mol. The molecule has 0 aromatic carbocycles. The van der Waals surface area contributed by atoms with Crippen LogP contribution in [0.1, 0.15) is 30.9 Å². The van der Waals surface area contributed by atoms with Crippen LogP contribution < -0.4 is 0 Å². The van der Waals surface area contributed by atoms with Crippen molar-refractivity contribution in [1.29, 1.82) is 5.26 Å². The van der Waals surface area contributed by atoms with Crippen LogP contribution in [-0.2, 0) is 9.47 Å². The molecule has 4 rings (SSSR count). The normalized spacial score (nSPS) is 25.2. The predicted molar refractivity (Wildman–Crippen MR) is 80.3 cm³/mol. The Labute approximate surface area is 133 Å². The molecule has 2 aromatic heterocycles. The SMILES string of the molecule is CO[C@@H]1[C@@H](n2cc(-c3ncccc3C#N)nn2)COC12CCC2. The van der Waals surface area contributed by atoms with Crippen LogP contribution in [0.2, 0.25) is 0 Å². The van der Waals surface area contributed by atoms with E-state index in [9.17, 15) is 5.26 Å². The number of hydrogen-bond acceptors (Lipinski definition) is 6. The van der Waals surface area contributed by atoms with E-state index in [1.54, 1.807) is 30.1 Å². The Balaban J connectivity index is 1.65. The Kier molecular flexibility index (Phi) is 3.36. The minimum Gasteiger partial charge on any atom is -0.376 e. The molecule has 1 saturated carbocycles. The molecule has 3 heterocycles. The summed E-state index contributed by atoms with van der Waals surface area (Å²) in [6, 6.07) is 5.59. The van der Waals surface area contributed by atoms with Gasteiger partial charge in [-0.15, -0.1) is 5.10 Å². The van der Waals surface area contributed by atoms with Gasteiger partial charge in [0.05, 0.1) is 24.0 Å². The molecule has 1 spiro atoms. The van der Waals surface area contributed by atoms with Gasteiger partial charge in [0.25, 0.3) is 0 Å². The van der Waals surface area contributed by atoms with Gasteiger partial charge in [-0.1, -0.05) is 5.21 Å². The van der Waals surface area contributed by atoms with Crippen molar-refractivity contribution in [3.63, 3.8) is 0 Å². The number of aromatic nitrogens is 4. The Morgan fingerprint density at radius 1 is 1.48 bits per heavy atom. The lowest BCUT2D eigenvalue weighted by molar-refractivity contribution is -0.123. The van der Waals surface area contributed by atoms with E-state index >= 15 is 0 Å². The second-order valence-corrected chi connectivity index (χ2v) is 6.05. The van der Waals surface area contributed by atoms with Gasteiger partial charge in [0, 0.05) is 13.3 Å². The number of methoxy groups -OCH3 is 1. The molecule has 1 saturated heterocycles. The van der Waals surface area contributed by atoms with Crippen LogP contribution in [0, 0.1) is 11.3 Å². The summed E-state index contributed by atoms with van der Waals surface area (Å²) in [5.74, 6) is 0. The third-order valence-corrected chi connectivity index (χ3v) is 4.88. The van der Waals surface area contributed by atoms with Crippen LogP contribution in [0.4, 0.5) is 0 Å². The van der Waals surface area contributed by atoms with Crippen molar-refractivity contribution in [3.8, 4) is 17.5 Å². The van der Waals surface area contributed by atoms with Crippen molar-refractivity contribution in [2.75, 3.05) is 13.7 Å². The maximum absolute atomic E-state index is 9.20. The van der Waals surface area contributed by atoms with E-state index in [1.165, 1.54) is 6.42 Å². The molecule has 1 aliphatic heterocycles. The van der Waals surface area contributed by atoms with E-state index < -0.39 is 0 Å². The first-order chi connectivity index (χ1) is 11.3. The second-order valence-electron chi connectivity index (χ2n) is 6.05. The summed E-state index contributed by atoms with van der Waals surface area (Å²) in [7, 11) is 1.72. The molecule has 0 N–H and O–H groups in total. The molecule has 7 heteroatoms. The maximum Gasteiger partial charge on any atom is 0.132 e. The summed E-state index contributed by atoms with van der Waals surface area (Å²) in [6.45, 7) is 0.564. The summed E-state index contributed by atoms with van der Waals surface area (Å²) in [4.78, 5) is 4.25. The smallest absolute Gasteiger partial charge is 0.132 e. The van der Waals surface area contributed by atoms with E-state index in [-0.39, 0.29) is 17.7 Å². The van der Waals surface area contributed by atoms with Crippen molar-refractivity contribution in [1.82, 2.24) is 20.0 Å². The van der Waals surface area contributed by atoms with E-state index in [1.807, 2.05) is 6.20 Å². The largest absolute Gasteiger partial charge is 0.376 e. The summed E-state index contributed by atoms with van der Waals surface area (Å²) in [6.07, 6.45) is 6.68. The summed E-state index contributed by atoms with van der Waals surface area (Å²) in [5, 5.41) is 17.6. The highest BCUT2D eigenvalue weighted by Crippen LogP contribution is 2.48. The summed E-state index contributed by atoms with van der Waals surface area (Å²) < 4.78 is 13.5. The molecular weight excluding hydrogens is 294 g/mol. The van der Waals surface area contributed by atoms with Crippen LogP contribution in [0.25, 0.3) is 11.4 Å². The van der Waals surface area contributed by atoms with Crippen molar-refractivity contribution < 1.29 is 9.47 Å². The van der Waals surface area contributed by atoms with Crippen LogP contribution in [0.3, 0.4) is 0 Å². The minimum atomic E-state index is -0.158. The molecule has 0 bridgehead atoms. The molecule has 1 aliphatic carbocycles. The fraction of sp³-hybridized carbons (Fsp3) is 0.500. The fourth-order valence-corrected chi connectivity index (χ4v) is 3.56. The molecule has 0 amide bonds. The topological polar surface area (TPSA) is 85.9 Å². The average Bonchev–Trinajstić information content (AvgIpc) is 3.18. The van der Waals surface area contributed by atoms with Crippen LogP contribution in [-0.4, -0.2) is 45.4 Å². The van der Waals surface area contributed by atoms with Gasteiger partial charge in [-0.3, -0.25) is 4.98 Å². The molecule has 118 valence electrons. The Morgan fingerprint density at radius 2 is 2.35 bits per heavy atom. The van der Waals surface area contributed by atoms with E-state index in [4.69, 9.17) is 9.47 Å². The van der Waals surface area contributed by atoms with Crippen molar-refractivity contribution >= 4 is 0 Å². The first kappa shape index (κ1) is 14.3. The van der Waals surface area contributed by atoms with Gasteiger partial charge in [-0.25, -0.2) is 4.68 Å². The Hall–Kier alpha value is -2.30. The van der Waals surface area contributed by atoms with Crippen molar-refractivity contribution in [2.24, 2.45) is 0 Å². The van der Waals surface area contributed by atoms with E-state index in [2.05, 4.69) is 21.4 Å². The highest BCUT2D eigenvalue weighted by atomic mass is 16.6. The highest BCUT2D eigenvalue weighted by Gasteiger charge is 2.55.